The maximum absolute atomic E-state index is 13.7. The summed E-state index contributed by atoms with van der Waals surface area (Å²) in [6.45, 7) is 0.735. The molecule has 2 nitrogen and oxygen atoms in total. The van der Waals surface area contributed by atoms with Crippen molar-refractivity contribution in [3.05, 3.63) is 71.6 Å². The van der Waals surface area contributed by atoms with E-state index in [0.717, 1.165) is 23.3 Å². The van der Waals surface area contributed by atoms with Crippen LogP contribution in [0.4, 0.5) is 13.2 Å². The summed E-state index contributed by atoms with van der Waals surface area (Å²) in [5, 5.41) is 0. The summed E-state index contributed by atoms with van der Waals surface area (Å²) in [5.74, 6) is -1.19. The van der Waals surface area contributed by atoms with Gasteiger partial charge in [0.2, 0.25) is 0 Å². The van der Waals surface area contributed by atoms with E-state index in [9.17, 15) is 13.2 Å². The smallest absolute Gasteiger partial charge is 0.159 e. The molecule has 0 aliphatic carbocycles. The molecule has 0 spiro atoms. The predicted octanol–water partition coefficient (Wildman–Crippen LogP) is 4.87. The monoisotopic (exact) mass is 314 g/mol. The van der Waals surface area contributed by atoms with E-state index in [1.807, 2.05) is 6.92 Å². The van der Waals surface area contributed by atoms with Crippen molar-refractivity contribution in [3.63, 3.8) is 0 Å². The molecular formula is C18H13F3N2. The van der Waals surface area contributed by atoms with Crippen LogP contribution < -0.4 is 0 Å². The van der Waals surface area contributed by atoms with E-state index in [4.69, 9.17) is 0 Å². The molecule has 0 amide bonds. The SMILES string of the molecule is Cc1cnc(-c2ccc(-c3cc(F)c(CF)c(F)c3)cc2)nc1. The molecule has 23 heavy (non-hydrogen) atoms. The van der Waals surface area contributed by atoms with Crippen LogP contribution in [0.15, 0.2) is 48.8 Å². The topological polar surface area (TPSA) is 25.8 Å². The Morgan fingerprint density at radius 1 is 0.826 bits per heavy atom. The summed E-state index contributed by atoms with van der Waals surface area (Å²) in [5.41, 5.74) is 2.20. The summed E-state index contributed by atoms with van der Waals surface area (Å²) in [6.07, 6.45) is 3.44. The van der Waals surface area contributed by atoms with Gasteiger partial charge in [-0.3, -0.25) is 0 Å². The van der Waals surface area contributed by atoms with E-state index in [1.165, 1.54) is 0 Å². The molecule has 0 unspecified atom stereocenters. The highest BCUT2D eigenvalue weighted by atomic mass is 19.1. The first kappa shape index (κ1) is 15.2. The quantitative estimate of drug-likeness (QED) is 0.689. The second kappa shape index (κ2) is 6.20. The number of nitrogens with zero attached hydrogens (tertiary/aromatic N) is 2. The summed E-state index contributed by atoms with van der Waals surface area (Å²) in [7, 11) is 0. The van der Waals surface area contributed by atoms with Gasteiger partial charge in [0.05, 0.1) is 5.56 Å². The normalized spacial score (nSPS) is 10.8. The number of halogens is 3. The van der Waals surface area contributed by atoms with E-state index in [-0.39, 0.29) is 0 Å². The fourth-order valence-corrected chi connectivity index (χ4v) is 2.25. The van der Waals surface area contributed by atoms with Gasteiger partial charge in [-0.25, -0.2) is 23.1 Å². The fourth-order valence-electron chi connectivity index (χ4n) is 2.25. The zero-order valence-electron chi connectivity index (χ0n) is 12.4. The molecule has 0 saturated carbocycles. The summed E-state index contributed by atoms with van der Waals surface area (Å²) in [4.78, 5) is 8.46. The number of alkyl halides is 1. The van der Waals surface area contributed by atoms with Gasteiger partial charge in [0.1, 0.15) is 18.3 Å². The highest BCUT2D eigenvalue weighted by Crippen LogP contribution is 2.26. The molecule has 1 heterocycles. The highest BCUT2D eigenvalue weighted by molar-refractivity contribution is 5.68. The lowest BCUT2D eigenvalue weighted by Gasteiger charge is -2.07. The van der Waals surface area contributed by atoms with E-state index in [0.29, 0.717) is 17.0 Å². The first-order chi connectivity index (χ1) is 11.1. The van der Waals surface area contributed by atoms with Crippen LogP contribution in [0.1, 0.15) is 11.1 Å². The maximum atomic E-state index is 13.7. The molecule has 0 atom stereocenters. The van der Waals surface area contributed by atoms with Crippen LogP contribution in [-0.2, 0) is 6.67 Å². The fraction of sp³-hybridized carbons (Fsp3) is 0.111. The third-order valence-electron chi connectivity index (χ3n) is 3.53. The molecule has 5 heteroatoms. The molecule has 1 aromatic heterocycles. The molecule has 0 N–H and O–H groups in total. The Balaban J connectivity index is 1.95. The Morgan fingerprint density at radius 2 is 1.35 bits per heavy atom. The van der Waals surface area contributed by atoms with Crippen LogP contribution >= 0.6 is 0 Å². The van der Waals surface area contributed by atoms with Crippen molar-refractivity contribution in [3.8, 4) is 22.5 Å². The van der Waals surface area contributed by atoms with Crippen molar-refractivity contribution in [2.24, 2.45) is 0 Å². The Labute approximate surface area is 131 Å². The van der Waals surface area contributed by atoms with Gasteiger partial charge in [0.15, 0.2) is 5.82 Å². The molecule has 0 aliphatic rings. The summed E-state index contributed by atoms with van der Waals surface area (Å²) < 4.78 is 39.9. The molecular weight excluding hydrogens is 301 g/mol. The minimum Gasteiger partial charge on any atom is -0.246 e. The van der Waals surface area contributed by atoms with Crippen LogP contribution in [0.25, 0.3) is 22.5 Å². The Hall–Kier alpha value is -2.69. The largest absolute Gasteiger partial charge is 0.246 e. The van der Waals surface area contributed by atoms with E-state index < -0.39 is 23.9 Å². The van der Waals surface area contributed by atoms with E-state index in [2.05, 4.69) is 9.97 Å². The standard InChI is InChI=1S/C18H13F3N2/c1-11-9-22-18(23-10-11)13-4-2-12(3-5-13)14-6-16(20)15(8-19)17(21)7-14/h2-7,9-10H,8H2,1H3. The number of hydrogen-bond acceptors (Lipinski definition) is 2. The van der Waals surface area contributed by atoms with E-state index in [1.54, 1.807) is 36.7 Å². The van der Waals surface area contributed by atoms with Crippen LogP contribution in [0.3, 0.4) is 0 Å². The molecule has 2 aromatic carbocycles. The molecule has 0 fully saturated rings. The minimum absolute atomic E-state index is 0.355. The van der Waals surface area contributed by atoms with Gasteiger partial charge in [-0.2, -0.15) is 0 Å². The maximum Gasteiger partial charge on any atom is 0.159 e. The second-order valence-corrected chi connectivity index (χ2v) is 5.21. The van der Waals surface area contributed by atoms with Gasteiger partial charge in [-0.15, -0.1) is 0 Å². The van der Waals surface area contributed by atoms with Gasteiger partial charge in [-0.05, 0) is 35.7 Å². The highest BCUT2D eigenvalue weighted by Gasteiger charge is 2.12. The number of aryl methyl sites for hydroxylation is 1. The van der Waals surface area contributed by atoms with Gasteiger partial charge in [-0.1, -0.05) is 24.3 Å². The lowest BCUT2D eigenvalue weighted by Crippen LogP contribution is -1.94. The van der Waals surface area contributed by atoms with Gasteiger partial charge in [0, 0.05) is 18.0 Å². The zero-order chi connectivity index (χ0) is 16.4. The first-order valence-corrected chi connectivity index (χ1v) is 7.02. The predicted molar refractivity (Wildman–Crippen MR) is 82.4 cm³/mol. The Kier molecular flexibility index (Phi) is 4.10. The number of benzene rings is 2. The molecule has 0 saturated heterocycles. The van der Waals surface area contributed by atoms with Crippen molar-refractivity contribution in [2.75, 3.05) is 0 Å². The number of aromatic nitrogens is 2. The lowest BCUT2D eigenvalue weighted by atomic mass is 10.0. The number of hydrogen-bond donors (Lipinski definition) is 0. The van der Waals surface area contributed by atoms with Crippen molar-refractivity contribution in [2.45, 2.75) is 13.6 Å². The van der Waals surface area contributed by atoms with Gasteiger partial charge in [0.25, 0.3) is 0 Å². The van der Waals surface area contributed by atoms with Crippen molar-refractivity contribution in [1.82, 2.24) is 9.97 Å². The number of rotatable bonds is 3. The van der Waals surface area contributed by atoms with E-state index >= 15 is 0 Å². The van der Waals surface area contributed by atoms with Crippen molar-refractivity contribution >= 4 is 0 Å². The molecule has 0 bridgehead atoms. The zero-order valence-corrected chi connectivity index (χ0v) is 12.4. The van der Waals surface area contributed by atoms with Crippen LogP contribution in [0, 0.1) is 18.6 Å². The van der Waals surface area contributed by atoms with Crippen molar-refractivity contribution < 1.29 is 13.2 Å². The minimum atomic E-state index is -1.17. The Morgan fingerprint density at radius 3 is 1.87 bits per heavy atom. The van der Waals surface area contributed by atoms with Gasteiger partial charge < -0.3 is 0 Å². The van der Waals surface area contributed by atoms with Gasteiger partial charge >= 0.3 is 0 Å². The van der Waals surface area contributed by atoms with Crippen LogP contribution in [0.2, 0.25) is 0 Å². The average Bonchev–Trinajstić information content (AvgIpc) is 2.55. The molecule has 0 aliphatic heterocycles. The summed E-state index contributed by atoms with van der Waals surface area (Å²) in [6, 6.07) is 9.27. The molecule has 3 rings (SSSR count). The second-order valence-electron chi connectivity index (χ2n) is 5.21. The average molecular weight is 314 g/mol. The van der Waals surface area contributed by atoms with Crippen LogP contribution in [0.5, 0.6) is 0 Å². The molecule has 3 aromatic rings. The van der Waals surface area contributed by atoms with Crippen molar-refractivity contribution in [1.29, 1.82) is 0 Å². The third kappa shape index (κ3) is 3.08. The first-order valence-electron chi connectivity index (χ1n) is 7.02. The Bertz CT molecular complexity index is 805. The van der Waals surface area contributed by atoms with Crippen LogP contribution in [-0.4, -0.2) is 9.97 Å². The summed E-state index contributed by atoms with van der Waals surface area (Å²) >= 11 is 0. The lowest BCUT2D eigenvalue weighted by molar-refractivity contribution is 0.440. The molecule has 116 valence electrons. The third-order valence-corrected chi connectivity index (χ3v) is 3.53. The molecule has 0 radical (unpaired) electrons.